The van der Waals surface area contributed by atoms with E-state index in [2.05, 4.69) is 20.4 Å². The molecule has 1 saturated carbocycles. The molecular weight excluding hydrogens is 314 g/mol. The SMILES string of the molecule is O=C(Cc1ccc(-n2cnnn2)cc1)N1CCC2(CCCCC2)CC1. The maximum absolute atomic E-state index is 12.6. The van der Waals surface area contributed by atoms with Crippen molar-refractivity contribution in [1.29, 1.82) is 0 Å². The summed E-state index contributed by atoms with van der Waals surface area (Å²) in [5, 5.41) is 11.1. The van der Waals surface area contributed by atoms with Crippen LogP contribution in [0.5, 0.6) is 0 Å². The predicted octanol–water partition coefficient (Wildman–Crippen LogP) is 2.78. The number of aromatic nitrogens is 4. The molecule has 0 radical (unpaired) electrons. The van der Waals surface area contributed by atoms with Crippen molar-refractivity contribution in [3.05, 3.63) is 36.2 Å². The Morgan fingerprint density at radius 3 is 2.36 bits per heavy atom. The van der Waals surface area contributed by atoms with Crippen LogP contribution in [-0.2, 0) is 11.2 Å². The van der Waals surface area contributed by atoms with Crippen molar-refractivity contribution < 1.29 is 4.79 Å². The molecule has 1 amide bonds. The molecule has 6 nitrogen and oxygen atoms in total. The molecule has 1 aromatic heterocycles. The van der Waals surface area contributed by atoms with Gasteiger partial charge in [-0.2, -0.15) is 0 Å². The first-order valence-electron chi connectivity index (χ1n) is 9.34. The number of hydrogen-bond acceptors (Lipinski definition) is 4. The Bertz CT molecular complexity index is 694. The summed E-state index contributed by atoms with van der Waals surface area (Å²) in [6, 6.07) is 7.88. The van der Waals surface area contributed by atoms with E-state index < -0.39 is 0 Å². The number of carbonyl (C=O) groups excluding carboxylic acids is 1. The lowest BCUT2D eigenvalue weighted by Crippen LogP contribution is -2.44. The van der Waals surface area contributed by atoms with Crippen molar-refractivity contribution in [2.24, 2.45) is 5.41 Å². The van der Waals surface area contributed by atoms with E-state index in [0.29, 0.717) is 11.8 Å². The number of piperidine rings is 1. The molecule has 0 atom stereocenters. The summed E-state index contributed by atoms with van der Waals surface area (Å²) in [6.45, 7) is 1.86. The van der Waals surface area contributed by atoms with Crippen LogP contribution in [0.4, 0.5) is 0 Å². The van der Waals surface area contributed by atoms with Crippen LogP contribution >= 0.6 is 0 Å². The van der Waals surface area contributed by atoms with Gasteiger partial charge >= 0.3 is 0 Å². The highest BCUT2D eigenvalue weighted by Crippen LogP contribution is 2.44. The number of tetrazole rings is 1. The number of likely N-dealkylation sites (tertiary alicyclic amines) is 1. The smallest absolute Gasteiger partial charge is 0.226 e. The minimum atomic E-state index is 0.251. The Kier molecular flexibility index (Phi) is 4.51. The van der Waals surface area contributed by atoms with Crippen molar-refractivity contribution in [2.75, 3.05) is 13.1 Å². The Labute approximate surface area is 148 Å². The second kappa shape index (κ2) is 6.94. The normalized spacial score (nSPS) is 19.9. The van der Waals surface area contributed by atoms with E-state index in [9.17, 15) is 4.79 Å². The summed E-state index contributed by atoms with van der Waals surface area (Å²) in [5.74, 6) is 0.251. The van der Waals surface area contributed by atoms with Gasteiger partial charge in [-0.3, -0.25) is 4.79 Å². The fraction of sp³-hybridized carbons (Fsp3) is 0.579. The van der Waals surface area contributed by atoms with Crippen LogP contribution < -0.4 is 0 Å². The van der Waals surface area contributed by atoms with Gasteiger partial charge in [0.15, 0.2) is 0 Å². The number of rotatable bonds is 3. The average Bonchev–Trinajstić information content (AvgIpc) is 3.18. The lowest BCUT2D eigenvalue weighted by molar-refractivity contribution is -0.133. The third-order valence-electron chi connectivity index (χ3n) is 6.00. The lowest BCUT2D eigenvalue weighted by Gasteiger charge is -2.44. The molecule has 0 N–H and O–H groups in total. The molecule has 2 aromatic rings. The van der Waals surface area contributed by atoms with E-state index in [1.165, 1.54) is 44.9 Å². The molecule has 4 rings (SSSR count). The third kappa shape index (κ3) is 3.57. The molecule has 1 aliphatic carbocycles. The van der Waals surface area contributed by atoms with Gasteiger partial charge in [0.05, 0.1) is 12.1 Å². The van der Waals surface area contributed by atoms with Crippen molar-refractivity contribution in [2.45, 2.75) is 51.4 Å². The number of hydrogen-bond donors (Lipinski definition) is 0. The van der Waals surface area contributed by atoms with Crippen molar-refractivity contribution >= 4 is 5.91 Å². The zero-order chi connectivity index (χ0) is 17.1. The van der Waals surface area contributed by atoms with Crippen LogP contribution in [0.2, 0.25) is 0 Å². The standard InChI is InChI=1S/C19H25N5O/c25-18(23-12-10-19(11-13-23)8-2-1-3-9-19)14-16-4-6-17(7-5-16)24-15-20-21-22-24/h4-7,15H,1-3,8-14H2. The highest BCUT2D eigenvalue weighted by molar-refractivity contribution is 5.79. The van der Waals surface area contributed by atoms with Gasteiger partial charge < -0.3 is 4.90 Å². The zero-order valence-electron chi connectivity index (χ0n) is 14.6. The zero-order valence-corrected chi connectivity index (χ0v) is 14.6. The molecule has 6 heteroatoms. The number of carbonyl (C=O) groups is 1. The molecule has 132 valence electrons. The summed E-state index contributed by atoms with van der Waals surface area (Å²) in [6.07, 6.45) is 11.3. The fourth-order valence-corrected chi connectivity index (χ4v) is 4.36. The average molecular weight is 339 g/mol. The lowest BCUT2D eigenvalue weighted by atomic mass is 9.68. The molecule has 0 unspecified atom stereocenters. The van der Waals surface area contributed by atoms with Crippen LogP contribution in [0.25, 0.3) is 5.69 Å². The first-order valence-corrected chi connectivity index (χ1v) is 9.34. The van der Waals surface area contributed by atoms with E-state index in [0.717, 1.165) is 24.3 Å². The van der Waals surface area contributed by atoms with Crippen LogP contribution in [0.1, 0.15) is 50.5 Å². The summed E-state index contributed by atoms with van der Waals surface area (Å²) >= 11 is 0. The highest BCUT2D eigenvalue weighted by atomic mass is 16.2. The van der Waals surface area contributed by atoms with Crippen molar-refractivity contribution in [3.63, 3.8) is 0 Å². The van der Waals surface area contributed by atoms with E-state index >= 15 is 0 Å². The minimum absolute atomic E-state index is 0.251. The van der Waals surface area contributed by atoms with E-state index in [1.807, 2.05) is 24.3 Å². The van der Waals surface area contributed by atoms with Gasteiger partial charge in [-0.25, -0.2) is 4.68 Å². The largest absolute Gasteiger partial charge is 0.342 e. The molecule has 25 heavy (non-hydrogen) atoms. The molecule has 2 heterocycles. The van der Waals surface area contributed by atoms with Crippen LogP contribution in [0, 0.1) is 5.41 Å². The minimum Gasteiger partial charge on any atom is -0.342 e. The first kappa shape index (κ1) is 16.2. The molecule has 1 saturated heterocycles. The Hall–Kier alpha value is -2.24. The van der Waals surface area contributed by atoms with Gasteiger partial charge in [0, 0.05) is 13.1 Å². The molecule has 1 spiro atoms. The molecule has 1 aliphatic heterocycles. The van der Waals surface area contributed by atoms with Gasteiger partial charge in [0.1, 0.15) is 6.33 Å². The monoisotopic (exact) mass is 339 g/mol. The van der Waals surface area contributed by atoms with E-state index in [-0.39, 0.29) is 5.91 Å². The van der Waals surface area contributed by atoms with Gasteiger partial charge in [0.2, 0.25) is 5.91 Å². The maximum Gasteiger partial charge on any atom is 0.226 e. The summed E-state index contributed by atoms with van der Waals surface area (Å²) in [5.41, 5.74) is 2.49. The number of nitrogens with zero attached hydrogens (tertiary/aromatic N) is 5. The quantitative estimate of drug-likeness (QED) is 0.862. The number of benzene rings is 1. The third-order valence-corrected chi connectivity index (χ3v) is 6.00. The van der Waals surface area contributed by atoms with Gasteiger partial charge in [-0.1, -0.05) is 31.4 Å². The van der Waals surface area contributed by atoms with Gasteiger partial charge in [-0.05, 0) is 59.2 Å². The van der Waals surface area contributed by atoms with E-state index in [1.54, 1.807) is 11.0 Å². The molecular formula is C19H25N5O. The van der Waals surface area contributed by atoms with Crippen LogP contribution in [-0.4, -0.2) is 44.1 Å². The highest BCUT2D eigenvalue weighted by Gasteiger charge is 2.36. The predicted molar refractivity (Wildman–Crippen MR) is 94.2 cm³/mol. The molecule has 0 bridgehead atoms. The first-order chi connectivity index (χ1) is 12.2. The van der Waals surface area contributed by atoms with Crippen molar-refractivity contribution in [1.82, 2.24) is 25.1 Å². The van der Waals surface area contributed by atoms with Gasteiger partial charge in [0.25, 0.3) is 0 Å². The van der Waals surface area contributed by atoms with Crippen LogP contribution in [0.15, 0.2) is 30.6 Å². The molecule has 2 fully saturated rings. The molecule has 1 aromatic carbocycles. The summed E-state index contributed by atoms with van der Waals surface area (Å²) in [7, 11) is 0. The van der Waals surface area contributed by atoms with Crippen LogP contribution in [0.3, 0.4) is 0 Å². The molecule has 2 aliphatic rings. The Morgan fingerprint density at radius 2 is 1.72 bits per heavy atom. The summed E-state index contributed by atoms with van der Waals surface area (Å²) in [4.78, 5) is 14.7. The second-order valence-corrected chi connectivity index (χ2v) is 7.54. The second-order valence-electron chi connectivity index (χ2n) is 7.54. The Balaban J connectivity index is 1.33. The Morgan fingerprint density at radius 1 is 1.00 bits per heavy atom. The topological polar surface area (TPSA) is 63.9 Å². The van der Waals surface area contributed by atoms with Gasteiger partial charge in [-0.15, -0.1) is 5.10 Å². The summed E-state index contributed by atoms with van der Waals surface area (Å²) < 4.78 is 1.61. The number of amides is 1. The maximum atomic E-state index is 12.6. The van der Waals surface area contributed by atoms with E-state index in [4.69, 9.17) is 0 Å². The fourth-order valence-electron chi connectivity index (χ4n) is 4.36. The van der Waals surface area contributed by atoms with Crippen molar-refractivity contribution in [3.8, 4) is 5.69 Å².